The van der Waals surface area contributed by atoms with E-state index >= 15 is 0 Å². The van der Waals surface area contributed by atoms with Gasteiger partial charge in [-0.1, -0.05) is 42.8 Å². The Bertz CT molecular complexity index is 1340. The number of nitrogens with zero attached hydrogens (tertiary/aromatic N) is 1. The topological polar surface area (TPSA) is 66.0 Å². The van der Waals surface area contributed by atoms with Crippen LogP contribution in [-0.4, -0.2) is 21.3 Å². The van der Waals surface area contributed by atoms with Crippen LogP contribution in [0, 0.1) is 12.8 Å². The lowest BCUT2D eigenvalue weighted by molar-refractivity contribution is -0.131. The molecule has 0 bridgehead atoms. The minimum Gasteiger partial charge on any atom is -0.478 e. The van der Waals surface area contributed by atoms with Crippen LogP contribution in [-0.2, 0) is 4.79 Å². The van der Waals surface area contributed by atoms with Crippen LogP contribution in [0.15, 0.2) is 65.5 Å². The Kier molecular flexibility index (Phi) is 5.50. The third-order valence-electron chi connectivity index (χ3n) is 6.30. The number of rotatable bonds is 6. The quantitative estimate of drug-likeness (QED) is 0.324. The molecule has 2 aromatic carbocycles. The summed E-state index contributed by atoms with van der Waals surface area (Å²) in [5, 5.41) is 22.0. The number of aliphatic carboxylic acids is 1. The second-order valence-corrected chi connectivity index (χ2v) is 9.06. The van der Waals surface area contributed by atoms with Gasteiger partial charge < -0.3 is 5.11 Å². The summed E-state index contributed by atoms with van der Waals surface area (Å²) in [5.41, 5.74) is 9.52. The van der Waals surface area contributed by atoms with Crippen molar-refractivity contribution in [3.8, 4) is 0 Å². The van der Waals surface area contributed by atoms with E-state index in [1.54, 1.807) is 17.4 Å². The molecular weight excluding hydrogens is 416 g/mol. The molecule has 0 radical (unpaired) electrons. The molecule has 0 unspecified atom stereocenters. The molecule has 32 heavy (non-hydrogen) atoms. The third-order valence-corrected chi connectivity index (χ3v) is 7.16. The van der Waals surface area contributed by atoms with Gasteiger partial charge in [0.2, 0.25) is 0 Å². The highest BCUT2D eigenvalue weighted by atomic mass is 32.1. The van der Waals surface area contributed by atoms with Crippen LogP contribution in [0.4, 0.5) is 0 Å². The van der Waals surface area contributed by atoms with Crippen LogP contribution in [0.25, 0.3) is 28.1 Å². The van der Waals surface area contributed by atoms with Gasteiger partial charge in [-0.3, -0.25) is 5.10 Å². The molecule has 2 aromatic heterocycles. The molecule has 1 saturated carbocycles. The molecule has 1 aliphatic carbocycles. The van der Waals surface area contributed by atoms with Crippen molar-refractivity contribution in [1.29, 1.82) is 0 Å². The van der Waals surface area contributed by atoms with Crippen LogP contribution in [0.2, 0.25) is 0 Å². The predicted octanol–water partition coefficient (Wildman–Crippen LogP) is 6.79. The summed E-state index contributed by atoms with van der Waals surface area (Å²) in [4.78, 5) is 10.9. The van der Waals surface area contributed by atoms with Crippen LogP contribution in [0.3, 0.4) is 0 Å². The number of fused-ring (bicyclic) bond motifs is 1. The summed E-state index contributed by atoms with van der Waals surface area (Å²) in [7, 11) is 0. The predicted molar refractivity (Wildman–Crippen MR) is 132 cm³/mol. The minimum absolute atomic E-state index is 0.534. The van der Waals surface area contributed by atoms with Crippen molar-refractivity contribution in [3.05, 3.63) is 93.3 Å². The molecule has 160 valence electrons. The Morgan fingerprint density at radius 3 is 2.59 bits per heavy atom. The second-order valence-electron chi connectivity index (χ2n) is 8.32. The standard InChI is InChI=1S/C27H24N2O2S/c1-17-15-32-16-23(17)27(19-4-2-5-19)26(21-6-3-7-24-22(21)14-28-29-24)20-11-8-18(9-12-20)10-13-25(30)31/h3,6-16,19H,2,4-5H2,1H3,(H,28,29)(H,30,31)/b13-10+,27-26+. The zero-order valence-electron chi connectivity index (χ0n) is 17.8. The zero-order chi connectivity index (χ0) is 22.1. The first-order valence-electron chi connectivity index (χ1n) is 10.8. The molecule has 0 atom stereocenters. The van der Waals surface area contributed by atoms with Gasteiger partial charge >= 0.3 is 5.97 Å². The van der Waals surface area contributed by atoms with E-state index in [1.807, 2.05) is 18.3 Å². The number of carboxylic acid groups (broad SMARTS) is 1. The Balaban J connectivity index is 1.76. The highest BCUT2D eigenvalue weighted by molar-refractivity contribution is 7.08. The van der Waals surface area contributed by atoms with Gasteiger partial charge in [-0.15, -0.1) is 0 Å². The minimum atomic E-state index is -0.943. The van der Waals surface area contributed by atoms with Gasteiger partial charge in [-0.05, 0) is 87.5 Å². The highest BCUT2D eigenvalue weighted by Gasteiger charge is 2.29. The smallest absolute Gasteiger partial charge is 0.328 e. The van der Waals surface area contributed by atoms with Gasteiger partial charge in [0.05, 0.1) is 11.7 Å². The van der Waals surface area contributed by atoms with Crippen molar-refractivity contribution in [1.82, 2.24) is 10.2 Å². The van der Waals surface area contributed by atoms with Gasteiger partial charge in [0, 0.05) is 11.5 Å². The van der Waals surface area contributed by atoms with E-state index in [4.69, 9.17) is 5.11 Å². The van der Waals surface area contributed by atoms with Crippen LogP contribution < -0.4 is 0 Å². The number of benzene rings is 2. The largest absolute Gasteiger partial charge is 0.478 e. The van der Waals surface area contributed by atoms with Gasteiger partial charge in [0.15, 0.2) is 0 Å². The maximum atomic E-state index is 10.9. The van der Waals surface area contributed by atoms with Crippen molar-refractivity contribution in [2.45, 2.75) is 26.2 Å². The van der Waals surface area contributed by atoms with E-state index in [-0.39, 0.29) is 0 Å². The Labute approximate surface area is 190 Å². The average Bonchev–Trinajstić information content (AvgIpc) is 3.40. The molecule has 1 fully saturated rings. The summed E-state index contributed by atoms with van der Waals surface area (Å²) in [5.74, 6) is -0.409. The monoisotopic (exact) mass is 440 g/mol. The normalized spacial score (nSPS) is 15.2. The fourth-order valence-corrected chi connectivity index (χ4v) is 5.31. The summed E-state index contributed by atoms with van der Waals surface area (Å²) in [6.45, 7) is 2.19. The molecule has 0 aliphatic heterocycles. The van der Waals surface area contributed by atoms with E-state index < -0.39 is 5.97 Å². The van der Waals surface area contributed by atoms with E-state index in [1.165, 1.54) is 53.2 Å². The number of carbonyl (C=O) groups is 1. The van der Waals surface area contributed by atoms with Gasteiger partial charge in [0.1, 0.15) is 0 Å². The summed E-state index contributed by atoms with van der Waals surface area (Å²) in [6.07, 6.45) is 8.38. The molecule has 5 heteroatoms. The van der Waals surface area contributed by atoms with Crippen LogP contribution in [0.5, 0.6) is 0 Å². The van der Waals surface area contributed by atoms with Crippen molar-refractivity contribution < 1.29 is 9.90 Å². The second kappa shape index (κ2) is 8.60. The number of nitrogens with one attached hydrogen (secondary N) is 1. The third kappa shape index (κ3) is 3.80. The first-order valence-corrected chi connectivity index (χ1v) is 11.8. The van der Waals surface area contributed by atoms with E-state index in [9.17, 15) is 4.79 Å². The summed E-state index contributed by atoms with van der Waals surface area (Å²) < 4.78 is 0. The SMILES string of the molecule is Cc1cscc1/C(=C(\c1ccc(/C=C/C(=O)O)cc1)c1cccc2[nH]ncc12)C1CCC1. The van der Waals surface area contributed by atoms with E-state index in [0.29, 0.717) is 5.92 Å². The molecule has 2 N–H and O–H groups in total. The fraction of sp³-hybridized carbons (Fsp3) is 0.185. The van der Waals surface area contributed by atoms with E-state index in [0.717, 1.165) is 22.0 Å². The van der Waals surface area contributed by atoms with Gasteiger partial charge in [-0.25, -0.2) is 4.79 Å². The first kappa shape index (κ1) is 20.5. The van der Waals surface area contributed by atoms with Crippen LogP contribution >= 0.6 is 11.3 Å². The Morgan fingerprint density at radius 2 is 1.94 bits per heavy atom. The molecule has 0 amide bonds. The number of H-pyrrole nitrogens is 1. The van der Waals surface area contributed by atoms with E-state index in [2.05, 4.69) is 58.2 Å². The molecule has 4 aromatic rings. The Hall–Kier alpha value is -3.44. The van der Waals surface area contributed by atoms with Gasteiger partial charge in [0.25, 0.3) is 0 Å². The lowest BCUT2D eigenvalue weighted by Gasteiger charge is -2.31. The fourth-order valence-electron chi connectivity index (χ4n) is 4.46. The number of aromatic nitrogens is 2. The summed E-state index contributed by atoms with van der Waals surface area (Å²) in [6, 6.07) is 14.5. The van der Waals surface area contributed by atoms with Gasteiger partial charge in [-0.2, -0.15) is 16.4 Å². The molecule has 2 heterocycles. The zero-order valence-corrected chi connectivity index (χ0v) is 18.7. The van der Waals surface area contributed by atoms with Crippen molar-refractivity contribution >= 4 is 45.4 Å². The molecule has 5 rings (SSSR count). The maximum absolute atomic E-state index is 10.9. The number of hydrogen-bond acceptors (Lipinski definition) is 3. The van der Waals surface area contributed by atoms with Crippen molar-refractivity contribution in [3.63, 3.8) is 0 Å². The number of hydrogen-bond donors (Lipinski definition) is 2. The molecule has 1 aliphatic rings. The molecule has 4 nitrogen and oxygen atoms in total. The maximum Gasteiger partial charge on any atom is 0.328 e. The number of allylic oxidation sites excluding steroid dienone is 1. The van der Waals surface area contributed by atoms with Crippen molar-refractivity contribution in [2.24, 2.45) is 5.92 Å². The summed E-state index contributed by atoms with van der Waals surface area (Å²) >= 11 is 1.75. The lowest BCUT2D eigenvalue weighted by Crippen LogP contribution is -2.15. The average molecular weight is 441 g/mol. The highest BCUT2D eigenvalue weighted by Crippen LogP contribution is 2.47. The van der Waals surface area contributed by atoms with Crippen LogP contribution in [0.1, 0.15) is 47.1 Å². The lowest BCUT2D eigenvalue weighted by atomic mass is 9.72. The Morgan fingerprint density at radius 1 is 1.12 bits per heavy atom. The first-order chi connectivity index (χ1) is 15.6. The number of aryl methyl sites for hydroxylation is 1. The number of carboxylic acids is 1. The number of aromatic amines is 1. The molecule has 0 saturated heterocycles. The molecular formula is C27H24N2O2S. The molecule has 0 spiro atoms. The number of thiophene rings is 1. The van der Waals surface area contributed by atoms with Crippen molar-refractivity contribution in [2.75, 3.05) is 0 Å².